The van der Waals surface area contributed by atoms with Crippen LogP contribution in [-0.2, 0) is 16.0 Å². The molecule has 20 heavy (non-hydrogen) atoms. The topological polar surface area (TPSA) is 92.9 Å². The zero-order valence-electron chi connectivity index (χ0n) is 11.8. The number of carbonyl (C=O) groups is 2. The van der Waals surface area contributed by atoms with Gasteiger partial charge in [0.25, 0.3) is 5.91 Å². The van der Waals surface area contributed by atoms with E-state index in [0.717, 1.165) is 0 Å². The molecule has 1 N–H and O–H groups in total. The molecule has 0 bridgehead atoms. The number of esters is 1. The quantitative estimate of drug-likeness (QED) is 0.801. The lowest BCUT2D eigenvalue weighted by Crippen LogP contribution is -2.41. The fourth-order valence-corrected chi connectivity index (χ4v) is 2.47. The highest BCUT2D eigenvalue weighted by Crippen LogP contribution is 2.24. The van der Waals surface area contributed by atoms with Crippen LogP contribution in [0.2, 0.25) is 0 Å². The van der Waals surface area contributed by atoms with Crippen molar-refractivity contribution >= 4 is 11.9 Å². The van der Waals surface area contributed by atoms with Gasteiger partial charge >= 0.3 is 5.97 Å². The van der Waals surface area contributed by atoms with Gasteiger partial charge in [0.05, 0.1) is 18.9 Å². The summed E-state index contributed by atoms with van der Waals surface area (Å²) in [7, 11) is 1.26. The van der Waals surface area contributed by atoms with Crippen LogP contribution in [0.25, 0.3) is 0 Å². The number of hydrogen-bond donors (Lipinski definition) is 1. The molecule has 1 amide bonds. The van der Waals surface area contributed by atoms with E-state index in [9.17, 15) is 14.7 Å². The summed E-state index contributed by atoms with van der Waals surface area (Å²) in [4.78, 5) is 25.6. The summed E-state index contributed by atoms with van der Waals surface area (Å²) in [6.07, 6.45) is 0.00956. The van der Waals surface area contributed by atoms with Crippen molar-refractivity contribution in [1.82, 2.24) is 10.1 Å². The smallest absolute Gasteiger partial charge is 0.328 e. The number of aliphatic hydroxyl groups excluding tert-OH is 1. The van der Waals surface area contributed by atoms with E-state index in [-0.39, 0.29) is 18.9 Å². The monoisotopic (exact) mass is 282 g/mol. The van der Waals surface area contributed by atoms with E-state index in [1.54, 1.807) is 6.92 Å². The first-order chi connectivity index (χ1) is 9.49. The van der Waals surface area contributed by atoms with Crippen molar-refractivity contribution in [1.29, 1.82) is 0 Å². The van der Waals surface area contributed by atoms with E-state index >= 15 is 0 Å². The second kappa shape index (κ2) is 5.62. The largest absolute Gasteiger partial charge is 0.467 e. The summed E-state index contributed by atoms with van der Waals surface area (Å²) in [6.45, 7) is 3.62. The van der Waals surface area contributed by atoms with Gasteiger partial charge in [-0.25, -0.2) is 4.79 Å². The Morgan fingerprint density at radius 2 is 2.25 bits per heavy atom. The fraction of sp³-hybridized carbons (Fsp3) is 0.615. The van der Waals surface area contributed by atoms with Gasteiger partial charge in [-0.15, -0.1) is 0 Å². The molecule has 0 saturated carbocycles. The highest BCUT2D eigenvalue weighted by molar-refractivity contribution is 5.98. The molecule has 2 heterocycles. The molecule has 0 spiro atoms. The van der Waals surface area contributed by atoms with Gasteiger partial charge in [-0.3, -0.25) is 4.79 Å². The standard InChI is InChI=1S/C13H18N2O5/c1-4-9-11(7(2)20-14-9)12(17)15-6-8(16)5-10(15)13(18)19-3/h8,10,16H,4-6H2,1-3H3. The van der Waals surface area contributed by atoms with Crippen molar-refractivity contribution in [2.24, 2.45) is 0 Å². The molecule has 0 radical (unpaired) electrons. The van der Waals surface area contributed by atoms with Gasteiger partial charge in [0, 0.05) is 13.0 Å². The van der Waals surface area contributed by atoms with Gasteiger partial charge in [-0.2, -0.15) is 0 Å². The van der Waals surface area contributed by atoms with Crippen LogP contribution in [0.3, 0.4) is 0 Å². The summed E-state index contributed by atoms with van der Waals surface area (Å²) in [5.74, 6) is -0.466. The summed E-state index contributed by atoms with van der Waals surface area (Å²) >= 11 is 0. The van der Waals surface area contributed by atoms with Crippen LogP contribution in [0, 0.1) is 6.92 Å². The number of ether oxygens (including phenoxy) is 1. The number of nitrogens with zero attached hydrogens (tertiary/aromatic N) is 2. The molecule has 0 aromatic carbocycles. The molecule has 2 rings (SSSR count). The van der Waals surface area contributed by atoms with Gasteiger partial charge < -0.3 is 19.3 Å². The van der Waals surface area contributed by atoms with E-state index < -0.39 is 18.1 Å². The molecule has 1 aromatic heterocycles. The molecule has 2 atom stereocenters. The average molecular weight is 282 g/mol. The summed E-state index contributed by atoms with van der Waals surface area (Å²) in [5.41, 5.74) is 0.924. The maximum absolute atomic E-state index is 12.6. The number of methoxy groups -OCH3 is 1. The zero-order valence-corrected chi connectivity index (χ0v) is 11.8. The summed E-state index contributed by atoms with van der Waals surface area (Å²) in [5, 5.41) is 13.6. The van der Waals surface area contributed by atoms with Crippen molar-refractivity contribution in [2.75, 3.05) is 13.7 Å². The van der Waals surface area contributed by atoms with Crippen LogP contribution in [0.5, 0.6) is 0 Å². The predicted octanol–water partition coefficient (Wildman–Crippen LogP) is 0.294. The van der Waals surface area contributed by atoms with E-state index in [0.29, 0.717) is 23.4 Å². The molecular weight excluding hydrogens is 264 g/mol. The van der Waals surface area contributed by atoms with Crippen LogP contribution in [0.15, 0.2) is 4.52 Å². The zero-order chi connectivity index (χ0) is 14.9. The van der Waals surface area contributed by atoms with Crippen molar-refractivity contribution in [3.63, 3.8) is 0 Å². The lowest BCUT2D eigenvalue weighted by Gasteiger charge is -2.22. The SMILES string of the molecule is CCc1noc(C)c1C(=O)N1CC(O)CC1C(=O)OC. The fourth-order valence-electron chi connectivity index (χ4n) is 2.47. The molecule has 7 heteroatoms. The number of aryl methyl sites for hydroxylation is 2. The van der Waals surface area contributed by atoms with Crippen molar-refractivity contribution in [2.45, 2.75) is 38.8 Å². The number of aliphatic hydroxyl groups is 1. The third-order valence-electron chi connectivity index (χ3n) is 3.50. The van der Waals surface area contributed by atoms with Crippen molar-refractivity contribution in [3.8, 4) is 0 Å². The Bertz CT molecular complexity index is 525. The Labute approximate surface area is 116 Å². The number of aromatic nitrogens is 1. The van der Waals surface area contributed by atoms with E-state index in [4.69, 9.17) is 4.52 Å². The van der Waals surface area contributed by atoms with Crippen molar-refractivity contribution < 1.29 is 24.0 Å². The van der Waals surface area contributed by atoms with Crippen LogP contribution < -0.4 is 0 Å². The van der Waals surface area contributed by atoms with Gasteiger partial charge in [-0.05, 0) is 13.3 Å². The Morgan fingerprint density at radius 3 is 2.85 bits per heavy atom. The Morgan fingerprint density at radius 1 is 1.55 bits per heavy atom. The van der Waals surface area contributed by atoms with E-state index in [2.05, 4.69) is 9.89 Å². The second-order valence-electron chi connectivity index (χ2n) is 4.80. The minimum absolute atomic E-state index is 0.104. The maximum atomic E-state index is 12.6. The molecule has 1 aliphatic rings. The molecule has 1 fully saturated rings. The Hall–Kier alpha value is -1.89. The Kier molecular flexibility index (Phi) is 4.08. The molecule has 1 aromatic rings. The molecule has 0 aliphatic carbocycles. The highest BCUT2D eigenvalue weighted by Gasteiger charge is 2.41. The Balaban J connectivity index is 2.31. The molecular formula is C13H18N2O5. The first-order valence-corrected chi connectivity index (χ1v) is 6.51. The van der Waals surface area contributed by atoms with Gasteiger partial charge in [0.2, 0.25) is 0 Å². The minimum atomic E-state index is -0.762. The molecule has 1 saturated heterocycles. The first-order valence-electron chi connectivity index (χ1n) is 6.51. The summed E-state index contributed by atoms with van der Waals surface area (Å²) < 4.78 is 9.72. The van der Waals surface area contributed by atoms with Gasteiger partial charge in [-0.1, -0.05) is 12.1 Å². The van der Waals surface area contributed by atoms with E-state index in [1.807, 2.05) is 6.92 Å². The number of likely N-dealkylation sites (tertiary alicyclic amines) is 1. The van der Waals surface area contributed by atoms with Crippen LogP contribution in [0.1, 0.15) is 35.2 Å². The first kappa shape index (κ1) is 14.5. The molecule has 2 unspecified atom stereocenters. The van der Waals surface area contributed by atoms with Crippen LogP contribution in [-0.4, -0.2) is 52.8 Å². The number of amides is 1. The third-order valence-corrected chi connectivity index (χ3v) is 3.50. The predicted molar refractivity (Wildman–Crippen MR) is 68.1 cm³/mol. The third kappa shape index (κ3) is 2.40. The average Bonchev–Trinajstić information content (AvgIpc) is 3.00. The second-order valence-corrected chi connectivity index (χ2v) is 4.80. The van der Waals surface area contributed by atoms with Crippen molar-refractivity contribution in [3.05, 3.63) is 17.0 Å². The number of hydrogen-bond acceptors (Lipinski definition) is 6. The highest BCUT2D eigenvalue weighted by atomic mass is 16.5. The number of β-amino-alcohol motifs (C(OH)–C–C–N with tert-alkyl or cyclic N) is 1. The minimum Gasteiger partial charge on any atom is -0.467 e. The lowest BCUT2D eigenvalue weighted by atomic mass is 10.1. The number of carbonyl (C=O) groups excluding carboxylic acids is 2. The molecule has 7 nitrogen and oxygen atoms in total. The van der Waals surface area contributed by atoms with Gasteiger partial charge in [0.15, 0.2) is 0 Å². The van der Waals surface area contributed by atoms with Crippen LogP contribution in [0.4, 0.5) is 0 Å². The van der Waals surface area contributed by atoms with Crippen LogP contribution >= 0.6 is 0 Å². The number of rotatable bonds is 3. The van der Waals surface area contributed by atoms with E-state index in [1.165, 1.54) is 12.0 Å². The van der Waals surface area contributed by atoms with Gasteiger partial charge in [0.1, 0.15) is 17.4 Å². The normalized spacial score (nSPS) is 22.1. The maximum Gasteiger partial charge on any atom is 0.328 e. The lowest BCUT2D eigenvalue weighted by molar-refractivity contribution is -0.145. The molecule has 110 valence electrons. The summed E-state index contributed by atoms with van der Waals surface area (Å²) in [6, 6.07) is -0.762. The molecule has 1 aliphatic heterocycles.